The molecule has 0 aromatic rings. The molecule has 0 radical (unpaired) electrons. The molecular weight excluding hydrogens is 360 g/mol. The minimum atomic E-state index is -1.56. The molecule has 2 aliphatic rings. The van der Waals surface area contributed by atoms with Crippen molar-refractivity contribution in [2.45, 2.75) is 124 Å². The normalized spacial score (nSPS) is 30.9. The Hall–Kier alpha value is -0.153. The Morgan fingerprint density at radius 1 is 1.14 bits per heavy atom. The molecule has 2 rings (SSSR count). The molecule has 2 saturated carbocycles. The lowest BCUT2D eigenvalue weighted by Gasteiger charge is -2.44. The first-order chi connectivity index (χ1) is 13.0. The fourth-order valence-electron chi connectivity index (χ4n) is 6.67. The Balaban J connectivity index is 1.97. The van der Waals surface area contributed by atoms with E-state index in [4.69, 9.17) is 4.43 Å². The van der Waals surface area contributed by atoms with Crippen molar-refractivity contribution in [3.63, 3.8) is 0 Å². The fourth-order valence-corrected chi connectivity index (χ4v) is 9.88. The molecule has 2 fully saturated rings. The van der Waals surface area contributed by atoms with Crippen LogP contribution in [0.2, 0.25) is 18.1 Å². The molecule has 0 heterocycles. The number of carbonyl (C=O) groups is 1. The first-order valence-electron chi connectivity index (χ1n) is 12.3. The third-order valence-corrected chi connectivity index (χ3v) is 13.9. The predicted octanol–water partition coefficient (Wildman–Crippen LogP) is 7.62. The van der Waals surface area contributed by atoms with Crippen molar-refractivity contribution in [2.24, 2.45) is 29.1 Å². The van der Waals surface area contributed by atoms with Crippen LogP contribution in [0.1, 0.15) is 100 Å². The standard InChI is InChI=1S/C25H48O2Si/c1-9-28(10-2,11-3)27-24(6,7)18-16-19(4)20(5)21-14-15-22-23(26)13-12-17-25(21,22)8/h19-22H,9-18H2,1-8H3/t19-,20-,21?,22?,25+/m0/s1. The van der Waals surface area contributed by atoms with Gasteiger partial charge in [-0.2, -0.15) is 0 Å². The van der Waals surface area contributed by atoms with Crippen molar-refractivity contribution in [3.05, 3.63) is 0 Å². The van der Waals surface area contributed by atoms with Gasteiger partial charge in [-0.1, -0.05) is 41.5 Å². The lowest BCUT2D eigenvalue weighted by atomic mass is 9.60. The highest BCUT2D eigenvalue weighted by atomic mass is 28.4. The average Bonchev–Trinajstić information content (AvgIpc) is 3.02. The topological polar surface area (TPSA) is 26.3 Å². The van der Waals surface area contributed by atoms with Gasteiger partial charge in [-0.05, 0) is 93.7 Å². The summed E-state index contributed by atoms with van der Waals surface area (Å²) < 4.78 is 6.84. The number of Topliss-reactive ketones (excluding diaryl/α,β-unsaturated/α-hetero) is 1. The summed E-state index contributed by atoms with van der Waals surface area (Å²) in [7, 11) is -1.56. The largest absolute Gasteiger partial charge is 0.412 e. The van der Waals surface area contributed by atoms with Gasteiger partial charge in [0, 0.05) is 12.3 Å². The summed E-state index contributed by atoms with van der Waals surface area (Å²) in [5.74, 6) is 3.02. The van der Waals surface area contributed by atoms with Crippen LogP contribution in [0, 0.1) is 29.1 Å². The molecule has 0 N–H and O–H groups in total. The van der Waals surface area contributed by atoms with Gasteiger partial charge in [0.25, 0.3) is 0 Å². The van der Waals surface area contributed by atoms with Gasteiger partial charge in [-0.3, -0.25) is 4.79 Å². The zero-order chi connectivity index (χ0) is 21.2. The first-order valence-corrected chi connectivity index (χ1v) is 14.8. The molecule has 164 valence electrons. The van der Waals surface area contributed by atoms with Crippen LogP contribution >= 0.6 is 0 Å². The number of hydrogen-bond acceptors (Lipinski definition) is 2. The van der Waals surface area contributed by atoms with Crippen LogP contribution in [-0.4, -0.2) is 19.7 Å². The van der Waals surface area contributed by atoms with Crippen LogP contribution in [0.3, 0.4) is 0 Å². The second kappa shape index (κ2) is 9.33. The van der Waals surface area contributed by atoms with E-state index in [2.05, 4.69) is 55.4 Å². The van der Waals surface area contributed by atoms with E-state index < -0.39 is 8.32 Å². The van der Waals surface area contributed by atoms with Gasteiger partial charge >= 0.3 is 0 Å². The van der Waals surface area contributed by atoms with E-state index in [-0.39, 0.29) is 11.0 Å². The Bertz CT molecular complexity index is 516. The summed E-state index contributed by atoms with van der Waals surface area (Å²) in [5.41, 5.74) is 0.259. The molecule has 0 aliphatic heterocycles. The molecule has 0 spiro atoms. The third-order valence-electron chi connectivity index (χ3n) is 9.10. The van der Waals surface area contributed by atoms with E-state index in [1.165, 1.54) is 37.4 Å². The van der Waals surface area contributed by atoms with Gasteiger partial charge in [0.2, 0.25) is 0 Å². The summed E-state index contributed by atoms with van der Waals surface area (Å²) >= 11 is 0. The van der Waals surface area contributed by atoms with Crippen LogP contribution in [-0.2, 0) is 9.22 Å². The van der Waals surface area contributed by atoms with Gasteiger partial charge in [-0.25, -0.2) is 0 Å². The van der Waals surface area contributed by atoms with Crippen LogP contribution in [0.25, 0.3) is 0 Å². The number of fused-ring (bicyclic) bond motifs is 1. The second-order valence-corrected chi connectivity index (χ2v) is 15.7. The van der Waals surface area contributed by atoms with E-state index in [1.807, 2.05) is 0 Å². The third kappa shape index (κ3) is 4.94. The lowest BCUT2D eigenvalue weighted by molar-refractivity contribution is -0.130. The summed E-state index contributed by atoms with van der Waals surface area (Å²) in [6.45, 7) is 19.0. The SMILES string of the molecule is CC[Si](CC)(CC)OC(C)(C)CC[C@H](C)[C@H](C)C1CCC2C(=O)CCC[C@@]21C. The maximum atomic E-state index is 12.5. The molecule has 0 aromatic carbocycles. The minimum absolute atomic E-state index is 0.00878. The van der Waals surface area contributed by atoms with Gasteiger partial charge in [-0.15, -0.1) is 0 Å². The van der Waals surface area contributed by atoms with E-state index in [9.17, 15) is 4.79 Å². The molecule has 0 saturated heterocycles. The maximum absolute atomic E-state index is 12.5. The van der Waals surface area contributed by atoms with Crippen molar-refractivity contribution in [2.75, 3.05) is 0 Å². The lowest BCUT2D eigenvalue weighted by Crippen LogP contribution is -2.44. The van der Waals surface area contributed by atoms with Crippen LogP contribution in [0.5, 0.6) is 0 Å². The van der Waals surface area contributed by atoms with E-state index >= 15 is 0 Å². The van der Waals surface area contributed by atoms with Gasteiger partial charge in [0.15, 0.2) is 8.32 Å². The molecule has 0 bridgehead atoms. The summed E-state index contributed by atoms with van der Waals surface area (Å²) in [6.07, 6.45) is 8.00. The van der Waals surface area contributed by atoms with Gasteiger partial charge < -0.3 is 4.43 Å². The number of carbonyl (C=O) groups excluding carboxylic acids is 1. The molecule has 2 aliphatic carbocycles. The Labute approximate surface area is 176 Å². The Kier molecular flexibility index (Phi) is 8.04. The Morgan fingerprint density at radius 3 is 2.32 bits per heavy atom. The second-order valence-electron chi connectivity index (χ2n) is 11.0. The summed E-state index contributed by atoms with van der Waals surface area (Å²) in [4.78, 5) is 12.5. The number of hydrogen-bond donors (Lipinski definition) is 0. The summed E-state index contributed by atoms with van der Waals surface area (Å²) in [5, 5.41) is 0. The van der Waals surface area contributed by atoms with Crippen molar-refractivity contribution in [1.29, 1.82) is 0 Å². The highest BCUT2D eigenvalue weighted by molar-refractivity contribution is 6.73. The highest BCUT2D eigenvalue weighted by Gasteiger charge is 2.52. The van der Waals surface area contributed by atoms with E-state index in [0.29, 0.717) is 23.5 Å². The van der Waals surface area contributed by atoms with Crippen molar-refractivity contribution in [1.82, 2.24) is 0 Å². The van der Waals surface area contributed by atoms with Gasteiger partial charge in [0.05, 0.1) is 5.60 Å². The van der Waals surface area contributed by atoms with Crippen LogP contribution in [0.15, 0.2) is 0 Å². The zero-order valence-corrected chi connectivity index (χ0v) is 21.2. The highest BCUT2D eigenvalue weighted by Crippen LogP contribution is 2.57. The number of ketones is 1. The van der Waals surface area contributed by atoms with E-state index in [1.54, 1.807) is 0 Å². The predicted molar refractivity (Wildman–Crippen MR) is 123 cm³/mol. The van der Waals surface area contributed by atoms with E-state index in [0.717, 1.165) is 31.6 Å². The van der Waals surface area contributed by atoms with Crippen molar-refractivity contribution in [3.8, 4) is 0 Å². The van der Waals surface area contributed by atoms with Gasteiger partial charge in [0.1, 0.15) is 5.78 Å². The molecular formula is C25H48O2Si. The Morgan fingerprint density at radius 2 is 1.75 bits per heavy atom. The van der Waals surface area contributed by atoms with Crippen LogP contribution < -0.4 is 0 Å². The quantitative estimate of drug-likeness (QED) is 0.347. The molecule has 5 atom stereocenters. The summed E-state index contributed by atoms with van der Waals surface area (Å²) in [6, 6.07) is 3.68. The molecule has 3 heteroatoms. The molecule has 0 amide bonds. The zero-order valence-electron chi connectivity index (χ0n) is 20.2. The average molecular weight is 409 g/mol. The smallest absolute Gasteiger partial charge is 0.192 e. The van der Waals surface area contributed by atoms with Crippen molar-refractivity contribution < 1.29 is 9.22 Å². The monoisotopic (exact) mass is 408 g/mol. The maximum Gasteiger partial charge on any atom is 0.192 e. The van der Waals surface area contributed by atoms with Crippen LogP contribution in [0.4, 0.5) is 0 Å². The van der Waals surface area contributed by atoms with Crippen molar-refractivity contribution >= 4 is 14.1 Å². The minimum Gasteiger partial charge on any atom is -0.412 e. The molecule has 0 aromatic heterocycles. The molecule has 2 unspecified atom stereocenters. The first kappa shape index (κ1) is 24.1. The molecule has 2 nitrogen and oxygen atoms in total. The number of rotatable bonds is 10. The fraction of sp³-hybridized carbons (Fsp3) is 0.960. The molecule has 28 heavy (non-hydrogen) atoms.